The fourth-order valence-electron chi connectivity index (χ4n) is 2.78. The van der Waals surface area contributed by atoms with Gasteiger partial charge in [-0.25, -0.2) is 4.79 Å². The first kappa shape index (κ1) is 18.2. The molecule has 0 heterocycles. The van der Waals surface area contributed by atoms with Crippen molar-refractivity contribution >= 4 is 22.6 Å². The van der Waals surface area contributed by atoms with Gasteiger partial charge in [-0.15, -0.1) is 0 Å². The molecule has 0 fully saturated rings. The lowest BCUT2D eigenvalue weighted by Crippen LogP contribution is -2.42. The van der Waals surface area contributed by atoms with E-state index in [9.17, 15) is 9.59 Å². The number of amides is 1. The minimum Gasteiger partial charge on any atom is -0.467 e. The van der Waals surface area contributed by atoms with Crippen molar-refractivity contribution in [3.8, 4) is 11.8 Å². The van der Waals surface area contributed by atoms with Crippen LogP contribution in [0.4, 0.5) is 0 Å². The van der Waals surface area contributed by atoms with Crippen molar-refractivity contribution < 1.29 is 14.3 Å². The highest BCUT2D eigenvalue weighted by Crippen LogP contribution is 2.17. The summed E-state index contributed by atoms with van der Waals surface area (Å²) >= 11 is 0. The van der Waals surface area contributed by atoms with Crippen LogP contribution >= 0.6 is 0 Å². The largest absolute Gasteiger partial charge is 0.467 e. The third kappa shape index (κ3) is 4.96. The molecular formula is C23H19NO3. The molecule has 0 saturated carbocycles. The van der Waals surface area contributed by atoms with Gasteiger partial charge in [0, 0.05) is 17.9 Å². The van der Waals surface area contributed by atoms with Crippen molar-refractivity contribution in [3.05, 3.63) is 83.9 Å². The fraction of sp³-hybridized carbons (Fsp3) is 0.130. The molecule has 27 heavy (non-hydrogen) atoms. The monoisotopic (exact) mass is 357 g/mol. The Labute approximate surface area is 158 Å². The number of benzene rings is 3. The van der Waals surface area contributed by atoms with E-state index in [4.69, 9.17) is 4.74 Å². The predicted molar refractivity (Wildman–Crippen MR) is 105 cm³/mol. The Hall–Kier alpha value is -3.58. The summed E-state index contributed by atoms with van der Waals surface area (Å²) in [6, 6.07) is 22.3. The molecule has 0 aliphatic rings. The van der Waals surface area contributed by atoms with Crippen LogP contribution in [0, 0.1) is 11.8 Å². The number of methoxy groups -OCH3 is 1. The van der Waals surface area contributed by atoms with Gasteiger partial charge in [-0.2, -0.15) is 0 Å². The Bertz CT molecular complexity index is 1020. The van der Waals surface area contributed by atoms with E-state index >= 15 is 0 Å². The summed E-state index contributed by atoms with van der Waals surface area (Å²) in [5.41, 5.74) is 1.66. The number of carbonyl (C=O) groups excluding carboxylic acids is 2. The molecule has 4 nitrogen and oxygen atoms in total. The Balaban J connectivity index is 1.74. The molecule has 4 heteroatoms. The summed E-state index contributed by atoms with van der Waals surface area (Å²) in [4.78, 5) is 24.3. The topological polar surface area (TPSA) is 55.4 Å². The van der Waals surface area contributed by atoms with Gasteiger partial charge in [0.15, 0.2) is 0 Å². The zero-order valence-electron chi connectivity index (χ0n) is 14.9. The van der Waals surface area contributed by atoms with Crippen molar-refractivity contribution in [2.45, 2.75) is 12.5 Å². The molecule has 0 aromatic heterocycles. The van der Waals surface area contributed by atoms with Crippen LogP contribution in [-0.2, 0) is 20.7 Å². The first-order valence-corrected chi connectivity index (χ1v) is 8.59. The van der Waals surface area contributed by atoms with E-state index in [0.717, 1.165) is 21.9 Å². The second-order valence-electron chi connectivity index (χ2n) is 6.05. The zero-order chi connectivity index (χ0) is 19.1. The van der Waals surface area contributed by atoms with Gasteiger partial charge in [-0.3, -0.25) is 4.79 Å². The standard InChI is InChI=1S/C23H19NO3/c1-27-23(26)21(24-22(25)14-12-17-7-3-2-4-8-17)16-18-11-13-19-9-5-6-10-20(19)15-18/h2-11,13,15,21H,16H2,1H3,(H,24,25). The number of hydrogen-bond donors (Lipinski definition) is 1. The second kappa shape index (κ2) is 8.68. The molecule has 3 aromatic carbocycles. The first-order chi connectivity index (χ1) is 13.2. The van der Waals surface area contributed by atoms with Crippen molar-refractivity contribution in [1.82, 2.24) is 5.32 Å². The van der Waals surface area contributed by atoms with Crippen LogP contribution in [0.5, 0.6) is 0 Å². The highest BCUT2D eigenvalue weighted by Gasteiger charge is 2.21. The quantitative estimate of drug-likeness (QED) is 0.577. The number of carbonyl (C=O) groups is 2. The normalized spacial score (nSPS) is 11.1. The van der Waals surface area contributed by atoms with Gasteiger partial charge >= 0.3 is 5.97 Å². The molecule has 1 N–H and O–H groups in total. The van der Waals surface area contributed by atoms with Gasteiger partial charge in [0.25, 0.3) is 5.91 Å². The maximum absolute atomic E-state index is 12.2. The third-order valence-corrected chi connectivity index (χ3v) is 4.14. The van der Waals surface area contributed by atoms with E-state index in [-0.39, 0.29) is 0 Å². The minimum atomic E-state index is -0.797. The van der Waals surface area contributed by atoms with Crippen molar-refractivity contribution in [1.29, 1.82) is 0 Å². The lowest BCUT2D eigenvalue weighted by Gasteiger charge is -2.15. The van der Waals surface area contributed by atoms with E-state index in [0.29, 0.717) is 6.42 Å². The Morgan fingerprint density at radius 1 is 0.963 bits per heavy atom. The van der Waals surface area contributed by atoms with Crippen LogP contribution in [-0.4, -0.2) is 25.0 Å². The molecule has 0 radical (unpaired) electrons. The molecule has 0 aliphatic carbocycles. The summed E-state index contributed by atoms with van der Waals surface area (Å²) in [7, 11) is 1.30. The van der Waals surface area contributed by atoms with Gasteiger partial charge in [0.1, 0.15) is 6.04 Å². The molecule has 3 rings (SSSR count). The SMILES string of the molecule is COC(=O)C(Cc1ccc2ccccc2c1)NC(=O)C#Cc1ccccc1. The van der Waals surface area contributed by atoms with Crippen LogP contribution in [0.3, 0.4) is 0 Å². The maximum atomic E-state index is 12.2. The Morgan fingerprint density at radius 3 is 2.41 bits per heavy atom. The van der Waals surface area contributed by atoms with E-state index in [1.54, 1.807) is 0 Å². The third-order valence-electron chi connectivity index (χ3n) is 4.14. The number of hydrogen-bond acceptors (Lipinski definition) is 3. The molecule has 0 aliphatic heterocycles. The fourth-order valence-corrected chi connectivity index (χ4v) is 2.78. The van der Waals surface area contributed by atoms with E-state index < -0.39 is 17.9 Å². The van der Waals surface area contributed by atoms with Crippen LogP contribution in [0.2, 0.25) is 0 Å². The number of rotatable bonds is 4. The van der Waals surface area contributed by atoms with Gasteiger partial charge < -0.3 is 10.1 Å². The van der Waals surface area contributed by atoms with Crippen LogP contribution < -0.4 is 5.32 Å². The molecule has 0 spiro atoms. The number of nitrogens with one attached hydrogen (secondary N) is 1. The minimum absolute atomic E-state index is 0.330. The number of fused-ring (bicyclic) bond motifs is 1. The number of esters is 1. The van der Waals surface area contributed by atoms with Crippen LogP contribution in [0.1, 0.15) is 11.1 Å². The summed E-state index contributed by atoms with van der Waals surface area (Å²) in [6.45, 7) is 0. The molecular weight excluding hydrogens is 338 g/mol. The highest BCUT2D eigenvalue weighted by atomic mass is 16.5. The number of ether oxygens (including phenoxy) is 1. The van der Waals surface area contributed by atoms with Gasteiger partial charge in [-0.05, 0) is 28.5 Å². The van der Waals surface area contributed by atoms with Gasteiger partial charge in [-0.1, -0.05) is 66.6 Å². The summed E-state index contributed by atoms with van der Waals surface area (Å²) in [5.74, 6) is 4.28. The molecule has 3 aromatic rings. The first-order valence-electron chi connectivity index (χ1n) is 8.59. The summed E-state index contributed by atoms with van der Waals surface area (Å²) in [5, 5.41) is 4.84. The van der Waals surface area contributed by atoms with E-state index in [2.05, 4.69) is 17.2 Å². The Morgan fingerprint density at radius 2 is 1.67 bits per heavy atom. The van der Waals surface area contributed by atoms with Crippen molar-refractivity contribution in [2.75, 3.05) is 7.11 Å². The van der Waals surface area contributed by atoms with Crippen LogP contribution in [0.25, 0.3) is 10.8 Å². The Kier molecular flexibility index (Phi) is 5.86. The molecule has 1 unspecified atom stereocenters. The van der Waals surface area contributed by atoms with E-state index in [1.165, 1.54) is 7.11 Å². The summed E-state index contributed by atoms with van der Waals surface area (Å²) < 4.78 is 4.83. The van der Waals surface area contributed by atoms with Crippen molar-refractivity contribution in [3.63, 3.8) is 0 Å². The summed E-state index contributed by atoms with van der Waals surface area (Å²) in [6.07, 6.45) is 0.330. The molecule has 134 valence electrons. The highest BCUT2D eigenvalue weighted by molar-refractivity contribution is 5.96. The lowest BCUT2D eigenvalue weighted by molar-refractivity contribution is -0.144. The van der Waals surface area contributed by atoms with Gasteiger partial charge in [0.05, 0.1) is 7.11 Å². The second-order valence-corrected chi connectivity index (χ2v) is 6.05. The average molecular weight is 357 g/mol. The molecule has 0 saturated heterocycles. The van der Waals surface area contributed by atoms with E-state index in [1.807, 2.05) is 72.8 Å². The van der Waals surface area contributed by atoms with Gasteiger partial charge in [0.2, 0.25) is 0 Å². The smallest absolute Gasteiger partial charge is 0.328 e. The molecule has 0 bridgehead atoms. The predicted octanol–water partition coefficient (Wildman–Crippen LogP) is 3.09. The molecule has 1 amide bonds. The maximum Gasteiger partial charge on any atom is 0.328 e. The lowest BCUT2D eigenvalue weighted by atomic mass is 10.0. The van der Waals surface area contributed by atoms with Crippen LogP contribution in [0.15, 0.2) is 72.8 Å². The average Bonchev–Trinajstić information content (AvgIpc) is 2.72. The molecule has 1 atom stereocenters. The zero-order valence-corrected chi connectivity index (χ0v) is 14.9. The van der Waals surface area contributed by atoms with Crippen molar-refractivity contribution in [2.24, 2.45) is 0 Å².